The van der Waals surface area contributed by atoms with Crippen LogP contribution >= 0.6 is 0 Å². The van der Waals surface area contributed by atoms with Gasteiger partial charge >= 0.3 is 0 Å². The second-order valence-electron chi connectivity index (χ2n) is 26.3. The van der Waals surface area contributed by atoms with Gasteiger partial charge in [0.1, 0.15) is 103 Å². The standard InChI is InChI=1S/C54H88O24/c1-49(2)14-23-22-8-9-29-51(5)12-11-31(50(3,4)28(51)10-13-52(29,6)53(22,7)15-30(60)54(23,21-59)32(16-49)76-45-41(69)37(65)33(61)24(17-55)71-45)75-47-43(39(67)35(63)26(19-57)73-47)78-48-44(40(68)36(64)27(20-58)74-48)77-46-42(70)38(66)34(62)25(18-56)72-46/h8,23-29,31-48,55-59,61-70H,9-21H2,1-7H3/t23-,24+,25+,26+,27+,28-,29+,31-,32-,33+,34-,35+,36+,37-,38-,39-,40-,41+,42+,43+,44+,45-,46-,47+,48-,51-,52+,53+,54-/m0/s1. The number of rotatable bonds is 13. The van der Waals surface area contributed by atoms with Crippen LogP contribution in [0.1, 0.15) is 99.8 Å². The number of carbonyl (C=O) groups excluding carboxylic acids is 1. The van der Waals surface area contributed by atoms with Crippen molar-refractivity contribution in [2.45, 2.75) is 235 Å². The van der Waals surface area contributed by atoms with Crippen molar-refractivity contribution in [2.75, 3.05) is 33.0 Å². The first-order chi connectivity index (χ1) is 36.5. The summed E-state index contributed by atoms with van der Waals surface area (Å²) in [5, 5.41) is 161. The van der Waals surface area contributed by atoms with E-state index < -0.39 is 201 Å². The summed E-state index contributed by atoms with van der Waals surface area (Å²) in [6.45, 7) is 11.5. The number of hydrogen-bond donors (Lipinski definition) is 15. The molecule has 24 heteroatoms. The quantitative estimate of drug-likeness (QED) is 0.0631. The van der Waals surface area contributed by atoms with Crippen molar-refractivity contribution in [3.63, 3.8) is 0 Å². The maximum Gasteiger partial charge on any atom is 0.187 e. The van der Waals surface area contributed by atoms with E-state index in [2.05, 4.69) is 54.5 Å². The van der Waals surface area contributed by atoms with E-state index in [9.17, 15) is 76.6 Å². The lowest BCUT2D eigenvalue weighted by Gasteiger charge is -2.71. The molecule has 0 unspecified atom stereocenters. The zero-order valence-corrected chi connectivity index (χ0v) is 45.6. The highest BCUT2D eigenvalue weighted by molar-refractivity contribution is 5.89. The van der Waals surface area contributed by atoms with Crippen molar-refractivity contribution in [1.29, 1.82) is 0 Å². The van der Waals surface area contributed by atoms with E-state index >= 15 is 4.79 Å². The van der Waals surface area contributed by atoms with Crippen molar-refractivity contribution in [2.24, 2.45) is 50.2 Å². The maximum atomic E-state index is 15.3. The Morgan fingerprint density at radius 2 is 0.962 bits per heavy atom. The monoisotopic (exact) mass is 1120 g/mol. The molecular formula is C54H88O24. The lowest BCUT2D eigenvalue weighted by Crippen LogP contribution is -2.69. The van der Waals surface area contributed by atoms with Crippen LogP contribution in [0.3, 0.4) is 0 Å². The van der Waals surface area contributed by atoms with Crippen molar-refractivity contribution < 1.29 is 119 Å². The fraction of sp³-hybridized carbons (Fsp3) is 0.944. The number of aliphatic hydroxyl groups is 15. The highest BCUT2D eigenvalue weighted by Gasteiger charge is 2.72. The topological polar surface area (TPSA) is 394 Å². The third-order valence-electron chi connectivity index (χ3n) is 21.3. The highest BCUT2D eigenvalue weighted by atomic mass is 16.8. The average Bonchev–Trinajstić information content (AvgIpc) is 2.00. The molecule has 0 aromatic rings. The van der Waals surface area contributed by atoms with E-state index in [1.807, 2.05) is 0 Å². The highest BCUT2D eigenvalue weighted by Crippen LogP contribution is 2.75. The lowest BCUT2D eigenvalue weighted by atomic mass is 9.33. The van der Waals surface area contributed by atoms with Gasteiger partial charge in [0, 0.05) is 11.8 Å². The van der Waals surface area contributed by atoms with Crippen LogP contribution in [0.2, 0.25) is 0 Å². The Bertz CT molecular complexity index is 2150. The number of aliphatic hydroxyl groups excluding tert-OH is 15. The van der Waals surface area contributed by atoms with Gasteiger partial charge in [0.15, 0.2) is 25.2 Å². The fourth-order valence-electron chi connectivity index (χ4n) is 16.6. The number of ether oxygens (including phenoxy) is 8. The smallest absolute Gasteiger partial charge is 0.187 e. The summed E-state index contributed by atoms with van der Waals surface area (Å²) in [6, 6.07) is 0. The van der Waals surface area contributed by atoms with E-state index in [1.54, 1.807) is 0 Å². The predicted molar refractivity (Wildman–Crippen MR) is 264 cm³/mol. The van der Waals surface area contributed by atoms with Crippen molar-refractivity contribution in [3.05, 3.63) is 11.6 Å². The molecule has 78 heavy (non-hydrogen) atoms. The van der Waals surface area contributed by atoms with E-state index in [4.69, 9.17) is 37.9 Å². The predicted octanol–water partition coefficient (Wildman–Crippen LogP) is -3.41. The molecule has 9 aliphatic rings. The first kappa shape index (κ1) is 61.1. The molecule has 4 saturated carbocycles. The number of allylic oxidation sites excluding steroid dienone is 2. The molecule has 4 aliphatic heterocycles. The summed E-state index contributed by atoms with van der Waals surface area (Å²) < 4.78 is 49.0. The molecule has 9 rings (SSSR count). The fourth-order valence-corrected chi connectivity index (χ4v) is 16.6. The minimum absolute atomic E-state index is 0.00631. The number of ketones is 1. The van der Waals surface area contributed by atoms with E-state index in [-0.39, 0.29) is 29.5 Å². The summed E-state index contributed by atoms with van der Waals surface area (Å²) in [4.78, 5) is 15.3. The molecule has 4 heterocycles. The van der Waals surface area contributed by atoms with Crippen LogP contribution in [0.5, 0.6) is 0 Å². The molecule has 5 aliphatic carbocycles. The van der Waals surface area contributed by atoms with Gasteiger partial charge in [-0.25, -0.2) is 0 Å². The second-order valence-corrected chi connectivity index (χ2v) is 26.3. The normalized spacial score (nSPS) is 54.0. The van der Waals surface area contributed by atoms with Gasteiger partial charge in [0.05, 0.1) is 50.7 Å². The Labute approximate surface area is 453 Å². The molecule has 24 nitrogen and oxygen atoms in total. The van der Waals surface area contributed by atoms with Crippen LogP contribution in [0, 0.1) is 50.2 Å². The molecule has 0 spiro atoms. The van der Waals surface area contributed by atoms with Crippen molar-refractivity contribution in [3.8, 4) is 0 Å². The summed E-state index contributed by atoms with van der Waals surface area (Å²) in [7, 11) is 0. The van der Waals surface area contributed by atoms with Crippen molar-refractivity contribution >= 4 is 5.78 Å². The second kappa shape index (κ2) is 22.2. The van der Waals surface area contributed by atoms with Gasteiger partial charge in [-0.2, -0.15) is 0 Å². The van der Waals surface area contributed by atoms with Crippen LogP contribution in [0.15, 0.2) is 11.6 Å². The molecule has 0 bridgehead atoms. The zero-order chi connectivity index (χ0) is 57.1. The van der Waals surface area contributed by atoms with Crippen molar-refractivity contribution in [1.82, 2.24) is 0 Å². The molecule has 4 saturated heterocycles. The van der Waals surface area contributed by atoms with Gasteiger partial charge in [-0.15, -0.1) is 0 Å². The zero-order valence-electron chi connectivity index (χ0n) is 45.6. The molecule has 0 aromatic heterocycles. The molecule has 15 N–H and O–H groups in total. The Balaban J connectivity index is 0.975. The van der Waals surface area contributed by atoms with Crippen LogP contribution < -0.4 is 0 Å². The van der Waals surface area contributed by atoms with Crippen LogP contribution in [-0.4, -0.2) is 250 Å². The average molecular weight is 1120 g/mol. The summed E-state index contributed by atoms with van der Waals surface area (Å²) in [6.07, 6.45) is -28.9. The molecule has 29 atom stereocenters. The molecular weight excluding hydrogens is 1030 g/mol. The van der Waals surface area contributed by atoms with Crippen LogP contribution in [-0.2, 0) is 42.7 Å². The minimum atomic E-state index is -1.95. The third kappa shape index (κ3) is 9.62. The first-order valence-electron chi connectivity index (χ1n) is 27.9. The largest absolute Gasteiger partial charge is 0.395 e. The Morgan fingerprint density at radius 1 is 0.513 bits per heavy atom. The molecule has 8 fully saturated rings. The summed E-state index contributed by atoms with van der Waals surface area (Å²) in [5.41, 5.74) is -2.85. The Hall–Kier alpha value is -1.51. The number of carbonyl (C=O) groups is 1. The van der Waals surface area contributed by atoms with Gasteiger partial charge in [-0.3, -0.25) is 4.79 Å². The SMILES string of the molecule is CC1(C)C[C@H](O[C@@H]2O[C@H](CO)[C@@H](O)[C@H](O)[C@H]2O)[C@]2(CO)C(=O)C[C@]3(C)C(=CC[C@@H]4[C@@]5(C)CC[C@H](O[C@H]6O[C@H](CO)[C@@H](O)[C@H](O)[C@H]6O[C@@H]6O[C@H](CO)[C@@H](O)[C@H](O)[C@H]6O[C@@H]6O[C@H](CO)[C@H](O)[C@H](O)[C@H]6O)C(C)(C)[C@@H]5CC[C@]43C)[C@@H]2C1. The molecule has 0 radical (unpaired) electrons. The first-order valence-corrected chi connectivity index (χ1v) is 27.9. The molecule has 0 aromatic carbocycles. The van der Waals surface area contributed by atoms with Gasteiger partial charge < -0.3 is 114 Å². The third-order valence-corrected chi connectivity index (χ3v) is 21.3. The van der Waals surface area contributed by atoms with E-state index in [0.717, 1.165) is 5.57 Å². The van der Waals surface area contributed by atoms with Gasteiger partial charge in [-0.05, 0) is 84.4 Å². The lowest BCUT2D eigenvalue weighted by molar-refractivity contribution is -0.398. The van der Waals surface area contributed by atoms with Crippen LogP contribution in [0.25, 0.3) is 0 Å². The number of Topliss-reactive ketones (excluding diaryl/α,β-unsaturated/α-hetero) is 1. The van der Waals surface area contributed by atoms with E-state index in [0.29, 0.717) is 44.9 Å². The summed E-state index contributed by atoms with van der Waals surface area (Å²) in [5.74, 6) is -0.594. The van der Waals surface area contributed by atoms with E-state index in [1.165, 1.54) is 0 Å². The maximum absolute atomic E-state index is 15.3. The molecule has 0 amide bonds. The number of hydrogen-bond acceptors (Lipinski definition) is 24. The number of fused-ring (bicyclic) bond motifs is 7. The Kier molecular flexibility index (Phi) is 17.3. The van der Waals surface area contributed by atoms with Gasteiger partial charge in [0.2, 0.25) is 0 Å². The van der Waals surface area contributed by atoms with Gasteiger partial charge in [-0.1, -0.05) is 60.1 Å². The Morgan fingerprint density at radius 3 is 1.46 bits per heavy atom. The summed E-state index contributed by atoms with van der Waals surface area (Å²) >= 11 is 0. The van der Waals surface area contributed by atoms with Gasteiger partial charge in [0.25, 0.3) is 0 Å². The minimum Gasteiger partial charge on any atom is -0.395 e. The molecule has 448 valence electrons. The van der Waals surface area contributed by atoms with Crippen LogP contribution in [0.4, 0.5) is 0 Å².